The van der Waals surface area contributed by atoms with Gasteiger partial charge in [0, 0.05) is 19.1 Å². The largest absolute Gasteiger partial charge is 0.377 e. The first-order chi connectivity index (χ1) is 11.2. The molecule has 0 aliphatic heterocycles. The van der Waals surface area contributed by atoms with E-state index in [2.05, 4.69) is 60.4 Å². The molecule has 3 nitrogen and oxygen atoms in total. The Hall–Kier alpha value is -1.68. The fourth-order valence-electron chi connectivity index (χ4n) is 2.91. The first-order valence-corrected chi connectivity index (χ1v) is 8.46. The molecule has 0 saturated carbocycles. The van der Waals surface area contributed by atoms with Crippen molar-refractivity contribution in [3.8, 4) is 0 Å². The van der Waals surface area contributed by atoms with E-state index in [0.29, 0.717) is 0 Å². The van der Waals surface area contributed by atoms with Crippen LogP contribution < -0.4 is 5.73 Å². The zero-order valence-electron chi connectivity index (χ0n) is 13.9. The Labute approximate surface area is 139 Å². The van der Waals surface area contributed by atoms with Gasteiger partial charge in [-0.2, -0.15) is 0 Å². The van der Waals surface area contributed by atoms with Gasteiger partial charge in [0.05, 0.1) is 0 Å². The van der Waals surface area contributed by atoms with Crippen LogP contribution in [0.2, 0.25) is 0 Å². The van der Waals surface area contributed by atoms with Crippen molar-refractivity contribution in [1.82, 2.24) is 4.90 Å². The lowest BCUT2D eigenvalue weighted by atomic mass is 10.0. The van der Waals surface area contributed by atoms with Gasteiger partial charge in [0.25, 0.3) is 0 Å². The highest BCUT2D eigenvalue weighted by Crippen LogP contribution is 2.18. The van der Waals surface area contributed by atoms with Crippen LogP contribution in [0.1, 0.15) is 37.3 Å². The van der Waals surface area contributed by atoms with Crippen LogP contribution in [0.15, 0.2) is 60.7 Å². The predicted octanol–water partition coefficient (Wildman–Crippen LogP) is 3.52. The molecule has 0 radical (unpaired) electrons. The lowest BCUT2D eigenvalue weighted by Gasteiger charge is -2.33. The molecule has 0 fully saturated rings. The van der Waals surface area contributed by atoms with Crippen LogP contribution in [0.4, 0.5) is 0 Å². The van der Waals surface area contributed by atoms with Crippen molar-refractivity contribution in [2.45, 2.75) is 51.5 Å². The lowest BCUT2D eigenvalue weighted by molar-refractivity contribution is 0.0371. The third-order valence-corrected chi connectivity index (χ3v) is 4.17. The molecule has 2 atom stereocenters. The molecular formula is C20H28N2O. The van der Waals surface area contributed by atoms with Crippen molar-refractivity contribution in [2.75, 3.05) is 0 Å². The molecule has 2 unspecified atom stereocenters. The molecule has 0 spiro atoms. The number of hydrogen-bond donors (Lipinski definition) is 2. The zero-order chi connectivity index (χ0) is 16.5. The van der Waals surface area contributed by atoms with Crippen LogP contribution in [0.25, 0.3) is 0 Å². The SMILES string of the molecule is CCCCC(C(N)O)N(Cc1ccccc1)Cc1ccccc1. The van der Waals surface area contributed by atoms with E-state index in [9.17, 15) is 5.11 Å². The minimum absolute atomic E-state index is 0.0321. The molecule has 124 valence electrons. The first-order valence-electron chi connectivity index (χ1n) is 8.46. The molecule has 0 heterocycles. The molecule has 0 aliphatic carbocycles. The van der Waals surface area contributed by atoms with Gasteiger partial charge < -0.3 is 10.8 Å². The molecule has 2 aromatic rings. The second-order valence-corrected chi connectivity index (χ2v) is 6.08. The predicted molar refractivity (Wildman–Crippen MR) is 95.6 cm³/mol. The molecule has 2 rings (SSSR count). The fraction of sp³-hybridized carbons (Fsp3) is 0.400. The third-order valence-electron chi connectivity index (χ3n) is 4.17. The molecule has 3 heteroatoms. The minimum Gasteiger partial charge on any atom is -0.377 e. The maximum Gasteiger partial charge on any atom is 0.118 e. The first kappa shape index (κ1) is 17.7. The van der Waals surface area contributed by atoms with Gasteiger partial charge in [-0.3, -0.25) is 4.90 Å². The fourth-order valence-corrected chi connectivity index (χ4v) is 2.91. The van der Waals surface area contributed by atoms with Crippen molar-refractivity contribution >= 4 is 0 Å². The van der Waals surface area contributed by atoms with E-state index >= 15 is 0 Å². The normalized spacial score (nSPS) is 13.9. The quantitative estimate of drug-likeness (QED) is 0.697. The summed E-state index contributed by atoms with van der Waals surface area (Å²) in [5.41, 5.74) is 8.38. The summed E-state index contributed by atoms with van der Waals surface area (Å²) in [5, 5.41) is 10.1. The number of nitrogens with zero attached hydrogens (tertiary/aromatic N) is 1. The van der Waals surface area contributed by atoms with E-state index in [1.54, 1.807) is 0 Å². The Balaban J connectivity index is 2.18. The summed E-state index contributed by atoms with van der Waals surface area (Å²) in [6.45, 7) is 3.75. The standard InChI is InChI=1S/C20H28N2O/c1-2-3-14-19(20(21)23)22(15-17-10-6-4-7-11-17)16-18-12-8-5-9-13-18/h4-13,19-20,23H,2-3,14-16,21H2,1H3. The Morgan fingerprint density at radius 2 is 1.39 bits per heavy atom. The number of benzene rings is 2. The number of aliphatic hydroxyl groups excluding tert-OH is 1. The molecular weight excluding hydrogens is 284 g/mol. The van der Waals surface area contributed by atoms with Crippen molar-refractivity contribution in [3.05, 3.63) is 71.8 Å². The van der Waals surface area contributed by atoms with Crippen molar-refractivity contribution in [1.29, 1.82) is 0 Å². The molecule has 23 heavy (non-hydrogen) atoms. The molecule has 0 amide bonds. The van der Waals surface area contributed by atoms with Gasteiger partial charge >= 0.3 is 0 Å². The Morgan fingerprint density at radius 1 is 0.913 bits per heavy atom. The van der Waals surface area contributed by atoms with Crippen LogP contribution in [-0.4, -0.2) is 22.3 Å². The second-order valence-electron chi connectivity index (χ2n) is 6.08. The van der Waals surface area contributed by atoms with Gasteiger partial charge in [0.15, 0.2) is 0 Å². The zero-order valence-corrected chi connectivity index (χ0v) is 13.9. The average Bonchev–Trinajstić information content (AvgIpc) is 2.56. The van der Waals surface area contributed by atoms with Crippen molar-refractivity contribution in [3.63, 3.8) is 0 Å². The van der Waals surface area contributed by atoms with Gasteiger partial charge in [-0.1, -0.05) is 80.4 Å². The highest BCUT2D eigenvalue weighted by Gasteiger charge is 2.23. The van der Waals surface area contributed by atoms with Crippen LogP contribution in [-0.2, 0) is 13.1 Å². The topological polar surface area (TPSA) is 49.5 Å². The van der Waals surface area contributed by atoms with E-state index in [-0.39, 0.29) is 6.04 Å². The summed E-state index contributed by atoms with van der Waals surface area (Å²) in [6.07, 6.45) is 2.26. The van der Waals surface area contributed by atoms with Crippen LogP contribution in [0.5, 0.6) is 0 Å². The van der Waals surface area contributed by atoms with Crippen LogP contribution in [0.3, 0.4) is 0 Å². The smallest absolute Gasteiger partial charge is 0.118 e. The van der Waals surface area contributed by atoms with E-state index in [1.807, 2.05) is 12.1 Å². The molecule has 0 saturated heterocycles. The number of aliphatic hydroxyl groups is 1. The monoisotopic (exact) mass is 312 g/mol. The van der Waals surface area contributed by atoms with Crippen molar-refractivity contribution in [2.24, 2.45) is 5.73 Å². The van der Waals surface area contributed by atoms with Gasteiger partial charge in [-0.25, -0.2) is 0 Å². The number of hydrogen-bond acceptors (Lipinski definition) is 3. The molecule has 0 bridgehead atoms. The Kier molecular flexibility index (Phi) is 7.27. The van der Waals surface area contributed by atoms with Crippen molar-refractivity contribution < 1.29 is 5.11 Å². The lowest BCUT2D eigenvalue weighted by Crippen LogP contribution is -2.47. The summed E-state index contributed by atoms with van der Waals surface area (Å²) in [4.78, 5) is 2.30. The average molecular weight is 312 g/mol. The van der Waals surface area contributed by atoms with Gasteiger partial charge in [-0.05, 0) is 17.5 Å². The molecule has 0 aromatic heterocycles. The minimum atomic E-state index is -0.825. The summed E-state index contributed by atoms with van der Waals surface area (Å²) in [7, 11) is 0. The third kappa shape index (κ3) is 5.79. The summed E-state index contributed by atoms with van der Waals surface area (Å²) < 4.78 is 0. The number of unbranched alkanes of at least 4 members (excludes halogenated alkanes) is 1. The van der Waals surface area contributed by atoms with E-state index in [0.717, 1.165) is 32.4 Å². The van der Waals surface area contributed by atoms with Gasteiger partial charge in [0.1, 0.15) is 6.23 Å². The van der Waals surface area contributed by atoms with Gasteiger partial charge in [0.2, 0.25) is 0 Å². The highest BCUT2D eigenvalue weighted by atomic mass is 16.3. The van der Waals surface area contributed by atoms with Gasteiger partial charge in [-0.15, -0.1) is 0 Å². The Morgan fingerprint density at radius 3 is 1.78 bits per heavy atom. The molecule has 3 N–H and O–H groups in total. The van der Waals surface area contributed by atoms with E-state index in [4.69, 9.17) is 5.73 Å². The van der Waals surface area contributed by atoms with E-state index < -0.39 is 6.23 Å². The van der Waals surface area contributed by atoms with E-state index in [1.165, 1.54) is 11.1 Å². The molecule has 0 aliphatic rings. The second kappa shape index (κ2) is 9.46. The number of nitrogens with two attached hydrogens (primary N) is 1. The highest BCUT2D eigenvalue weighted by molar-refractivity contribution is 5.17. The maximum absolute atomic E-state index is 10.1. The Bertz CT molecular complexity index is 501. The number of rotatable bonds is 9. The summed E-state index contributed by atoms with van der Waals surface area (Å²) in [6, 6.07) is 20.7. The van der Waals surface area contributed by atoms with Crippen LogP contribution in [0, 0.1) is 0 Å². The molecule has 2 aromatic carbocycles. The summed E-state index contributed by atoms with van der Waals surface area (Å²) >= 11 is 0. The summed E-state index contributed by atoms with van der Waals surface area (Å²) in [5.74, 6) is 0. The van der Waals surface area contributed by atoms with Crippen LogP contribution >= 0.6 is 0 Å². The maximum atomic E-state index is 10.1.